The maximum Gasteiger partial charge on any atom is 0.220 e. The highest BCUT2D eigenvalue weighted by molar-refractivity contribution is 6.06. The Balaban J connectivity index is 1.69. The standard InChI is InChI=1S/C20H14N2O4/c1-24-17-8-4-5-12-9-13(11-25-19(12)17)18(23)14(10-21)20-22-15-6-2-3-7-16(15)26-20/h2-9,14H,11H2,1H3. The number of benzene rings is 2. The molecule has 3 aromatic rings. The number of carbonyl (C=O) groups excluding carboxylic acids is 1. The summed E-state index contributed by atoms with van der Waals surface area (Å²) < 4.78 is 16.6. The predicted molar refractivity (Wildman–Crippen MR) is 93.8 cm³/mol. The van der Waals surface area contributed by atoms with Crippen LogP contribution < -0.4 is 9.47 Å². The number of carbonyl (C=O) groups is 1. The molecule has 0 fully saturated rings. The summed E-state index contributed by atoms with van der Waals surface area (Å²) in [5.41, 5.74) is 2.27. The number of para-hydroxylation sites is 3. The number of hydrogen-bond donors (Lipinski definition) is 0. The molecule has 0 aliphatic carbocycles. The van der Waals surface area contributed by atoms with Gasteiger partial charge in [0.15, 0.2) is 28.8 Å². The minimum Gasteiger partial charge on any atom is -0.493 e. The second-order valence-electron chi connectivity index (χ2n) is 5.78. The van der Waals surface area contributed by atoms with Crippen LogP contribution in [-0.2, 0) is 4.79 Å². The molecule has 6 nitrogen and oxygen atoms in total. The maximum absolute atomic E-state index is 12.9. The molecule has 1 aliphatic heterocycles. The van der Waals surface area contributed by atoms with Crippen LogP contribution in [0.5, 0.6) is 11.5 Å². The first kappa shape index (κ1) is 15.9. The van der Waals surface area contributed by atoms with Crippen molar-refractivity contribution in [1.82, 2.24) is 4.98 Å². The molecule has 0 bridgehead atoms. The molecule has 1 aromatic heterocycles. The van der Waals surface area contributed by atoms with E-state index in [9.17, 15) is 10.1 Å². The van der Waals surface area contributed by atoms with E-state index in [0.717, 1.165) is 5.56 Å². The third kappa shape index (κ3) is 2.60. The summed E-state index contributed by atoms with van der Waals surface area (Å²) in [5, 5.41) is 9.52. The van der Waals surface area contributed by atoms with Crippen LogP contribution in [0.2, 0.25) is 0 Å². The number of rotatable bonds is 4. The minimum atomic E-state index is -1.12. The van der Waals surface area contributed by atoms with E-state index in [4.69, 9.17) is 13.9 Å². The van der Waals surface area contributed by atoms with E-state index < -0.39 is 5.92 Å². The Labute approximate surface area is 149 Å². The van der Waals surface area contributed by atoms with E-state index in [1.165, 1.54) is 0 Å². The molecule has 2 aromatic carbocycles. The molecule has 0 N–H and O–H groups in total. The number of ether oxygens (including phenoxy) is 2. The Morgan fingerprint density at radius 3 is 2.88 bits per heavy atom. The number of aromatic nitrogens is 1. The fraction of sp³-hybridized carbons (Fsp3) is 0.150. The zero-order chi connectivity index (χ0) is 18.1. The number of fused-ring (bicyclic) bond motifs is 2. The molecule has 4 rings (SSSR count). The van der Waals surface area contributed by atoms with Crippen LogP contribution in [0.15, 0.2) is 52.5 Å². The molecule has 6 heteroatoms. The van der Waals surface area contributed by atoms with Gasteiger partial charge in [0.1, 0.15) is 12.1 Å². The van der Waals surface area contributed by atoms with Gasteiger partial charge >= 0.3 is 0 Å². The van der Waals surface area contributed by atoms with Crippen molar-refractivity contribution in [1.29, 1.82) is 5.26 Å². The average molecular weight is 346 g/mol. The summed E-state index contributed by atoms with van der Waals surface area (Å²) in [4.78, 5) is 17.1. The average Bonchev–Trinajstić information content (AvgIpc) is 3.11. The van der Waals surface area contributed by atoms with Gasteiger partial charge in [0.05, 0.1) is 13.2 Å². The molecule has 128 valence electrons. The first-order valence-electron chi connectivity index (χ1n) is 8.01. The van der Waals surface area contributed by atoms with Crippen molar-refractivity contribution in [3.63, 3.8) is 0 Å². The highest BCUT2D eigenvalue weighted by Crippen LogP contribution is 2.36. The number of ketones is 1. The highest BCUT2D eigenvalue weighted by Gasteiger charge is 2.30. The zero-order valence-electron chi connectivity index (χ0n) is 13.9. The number of nitriles is 1. The molecule has 1 aliphatic rings. The fourth-order valence-corrected chi connectivity index (χ4v) is 2.91. The van der Waals surface area contributed by atoms with Gasteiger partial charge in [0, 0.05) is 11.1 Å². The lowest BCUT2D eigenvalue weighted by Gasteiger charge is -2.20. The summed E-state index contributed by atoms with van der Waals surface area (Å²) in [7, 11) is 1.56. The van der Waals surface area contributed by atoms with E-state index in [0.29, 0.717) is 28.2 Å². The van der Waals surface area contributed by atoms with Crippen LogP contribution in [0, 0.1) is 11.3 Å². The van der Waals surface area contributed by atoms with Gasteiger partial charge < -0.3 is 13.9 Å². The number of nitrogens with zero attached hydrogens (tertiary/aromatic N) is 2. The molecule has 1 atom stereocenters. The largest absolute Gasteiger partial charge is 0.493 e. The lowest BCUT2D eigenvalue weighted by atomic mass is 9.95. The van der Waals surface area contributed by atoms with Crippen LogP contribution in [0.3, 0.4) is 0 Å². The van der Waals surface area contributed by atoms with Gasteiger partial charge in [-0.3, -0.25) is 4.79 Å². The molecule has 0 spiro atoms. The molecule has 26 heavy (non-hydrogen) atoms. The van der Waals surface area contributed by atoms with Gasteiger partial charge in [-0.1, -0.05) is 24.3 Å². The molecule has 0 saturated carbocycles. The Morgan fingerprint density at radius 1 is 1.27 bits per heavy atom. The monoisotopic (exact) mass is 346 g/mol. The number of methoxy groups -OCH3 is 1. The third-order valence-electron chi connectivity index (χ3n) is 4.20. The molecule has 0 radical (unpaired) electrons. The van der Waals surface area contributed by atoms with Gasteiger partial charge in [0.25, 0.3) is 0 Å². The lowest BCUT2D eigenvalue weighted by molar-refractivity contribution is -0.116. The van der Waals surface area contributed by atoms with E-state index in [1.54, 1.807) is 31.4 Å². The zero-order valence-corrected chi connectivity index (χ0v) is 13.9. The van der Waals surface area contributed by atoms with Gasteiger partial charge in [-0.15, -0.1) is 0 Å². The fourth-order valence-electron chi connectivity index (χ4n) is 2.91. The maximum atomic E-state index is 12.9. The second kappa shape index (κ2) is 6.37. The molecular weight excluding hydrogens is 332 g/mol. The van der Waals surface area contributed by atoms with Gasteiger partial charge in [-0.25, -0.2) is 4.98 Å². The Kier molecular flexibility index (Phi) is 3.90. The Bertz CT molecular complexity index is 1040. The smallest absolute Gasteiger partial charge is 0.220 e. The van der Waals surface area contributed by atoms with E-state index in [-0.39, 0.29) is 18.3 Å². The SMILES string of the molecule is COc1cccc2c1OCC(C(=O)C(C#N)c1nc3ccccc3o1)=C2. The molecule has 1 unspecified atom stereocenters. The summed E-state index contributed by atoms with van der Waals surface area (Å²) in [6.45, 7) is 0.0601. The van der Waals surface area contributed by atoms with Crippen LogP contribution in [-0.4, -0.2) is 24.5 Å². The lowest BCUT2D eigenvalue weighted by Crippen LogP contribution is -2.20. The van der Waals surface area contributed by atoms with E-state index >= 15 is 0 Å². The molecule has 0 saturated heterocycles. The van der Waals surface area contributed by atoms with Crippen molar-refractivity contribution in [2.75, 3.05) is 13.7 Å². The Morgan fingerprint density at radius 2 is 2.12 bits per heavy atom. The molecule has 2 heterocycles. The topological polar surface area (TPSA) is 85.4 Å². The first-order valence-corrected chi connectivity index (χ1v) is 8.01. The van der Waals surface area contributed by atoms with Crippen molar-refractivity contribution in [2.24, 2.45) is 0 Å². The summed E-state index contributed by atoms with van der Waals surface area (Å²) in [6.07, 6.45) is 1.72. The van der Waals surface area contributed by atoms with Crippen molar-refractivity contribution in [3.05, 3.63) is 59.5 Å². The third-order valence-corrected chi connectivity index (χ3v) is 4.20. The van der Waals surface area contributed by atoms with E-state index in [1.807, 2.05) is 30.3 Å². The van der Waals surface area contributed by atoms with Crippen molar-refractivity contribution in [3.8, 4) is 17.6 Å². The number of Topliss-reactive ketones (excluding diaryl/α,β-unsaturated/α-hetero) is 1. The molecule has 0 amide bonds. The predicted octanol–water partition coefficient (Wildman–Crippen LogP) is 3.49. The number of oxazole rings is 1. The summed E-state index contributed by atoms with van der Waals surface area (Å²) in [5.74, 6) is -0.226. The van der Waals surface area contributed by atoms with Crippen molar-refractivity contribution >= 4 is 23.0 Å². The van der Waals surface area contributed by atoms with Gasteiger partial charge in [-0.2, -0.15) is 5.26 Å². The first-order chi connectivity index (χ1) is 12.7. The second-order valence-corrected chi connectivity index (χ2v) is 5.78. The van der Waals surface area contributed by atoms with Crippen LogP contribution in [0.1, 0.15) is 17.4 Å². The quantitative estimate of drug-likeness (QED) is 0.719. The van der Waals surface area contributed by atoms with Gasteiger partial charge in [0.2, 0.25) is 5.89 Å². The Hall–Kier alpha value is -3.59. The van der Waals surface area contributed by atoms with Crippen LogP contribution >= 0.6 is 0 Å². The van der Waals surface area contributed by atoms with Crippen LogP contribution in [0.25, 0.3) is 17.2 Å². The minimum absolute atomic E-state index is 0.0601. The highest BCUT2D eigenvalue weighted by atomic mass is 16.5. The summed E-state index contributed by atoms with van der Waals surface area (Å²) in [6, 6.07) is 14.6. The van der Waals surface area contributed by atoms with Crippen LogP contribution in [0.4, 0.5) is 0 Å². The normalized spacial score (nSPS) is 13.9. The van der Waals surface area contributed by atoms with Crippen molar-refractivity contribution < 1.29 is 18.7 Å². The number of hydrogen-bond acceptors (Lipinski definition) is 6. The van der Waals surface area contributed by atoms with Crippen molar-refractivity contribution in [2.45, 2.75) is 5.92 Å². The molecular formula is C20H14N2O4. The van der Waals surface area contributed by atoms with Gasteiger partial charge in [-0.05, 0) is 24.3 Å². The summed E-state index contributed by atoms with van der Waals surface area (Å²) >= 11 is 0. The van der Waals surface area contributed by atoms with E-state index in [2.05, 4.69) is 4.98 Å².